The largest absolute Gasteiger partial charge is 0.394 e. The van der Waals surface area contributed by atoms with Crippen LogP contribution in [0.25, 0.3) is 6.08 Å². The Morgan fingerprint density at radius 2 is 1.89 bits per heavy atom. The van der Waals surface area contributed by atoms with Crippen LogP contribution in [0.3, 0.4) is 0 Å². The summed E-state index contributed by atoms with van der Waals surface area (Å²) in [4.78, 5) is 11.7. The van der Waals surface area contributed by atoms with Gasteiger partial charge in [-0.05, 0) is 37.0 Å². The van der Waals surface area contributed by atoms with Crippen molar-refractivity contribution in [3.8, 4) is 0 Å². The van der Waals surface area contributed by atoms with Crippen molar-refractivity contribution in [2.45, 2.75) is 39.2 Å². The lowest BCUT2D eigenvalue weighted by molar-refractivity contribution is -0.118. The van der Waals surface area contributed by atoms with Crippen LogP contribution in [0, 0.1) is 0 Å². The second kappa shape index (κ2) is 6.53. The third kappa shape index (κ3) is 5.26. The maximum atomic E-state index is 11.7. The summed E-state index contributed by atoms with van der Waals surface area (Å²) in [5.74, 6) is 0.304. The van der Waals surface area contributed by atoms with Crippen molar-refractivity contribution in [3.05, 3.63) is 41.5 Å². The van der Waals surface area contributed by atoms with Gasteiger partial charge in [-0.2, -0.15) is 0 Å². The predicted molar refractivity (Wildman–Crippen MR) is 78.9 cm³/mol. The standard InChI is InChI=1S/C16H23NO2/c1-12(2)14-8-5-13(6-9-14)7-10-15(19)17-16(3,4)11-18/h5-10,12,18H,11H2,1-4H3,(H,17,19)/b10-7+. The Bertz CT molecular complexity index is 444. The first-order chi connectivity index (χ1) is 8.84. The minimum absolute atomic E-state index is 0.0876. The topological polar surface area (TPSA) is 49.3 Å². The van der Waals surface area contributed by atoms with E-state index in [1.54, 1.807) is 19.9 Å². The highest BCUT2D eigenvalue weighted by atomic mass is 16.3. The van der Waals surface area contributed by atoms with Gasteiger partial charge in [0.15, 0.2) is 0 Å². The molecular weight excluding hydrogens is 238 g/mol. The van der Waals surface area contributed by atoms with Gasteiger partial charge in [-0.1, -0.05) is 38.1 Å². The Kier molecular flexibility index (Phi) is 5.31. The average molecular weight is 261 g/mol. The Hall–Kier alpha value is -1.61. The summed E-state index contributed by atoms with van der Waals surface area (Å²) in [6.45, 7) is 7.76. The number of hydrogen-bond acceptors (Lipinski definition) is 2. The minimum atomic E-state index is -0.594. The number of aliphatic hydroxyl groups excluding tert-OH is 1. The number of nitrogens with one attached hydrogen (secondary N) is 1. The van der Waals surface area contributed by atoms with Gasteiger partial charge in [-0.3, -0.25) is 4.79 Å². The van der Waals surface area contributed by atoms with Crippen LogP contribution in [0.5, 0.6) is 0 Å². The van der Waals surface area contributed by atoms with Crippen LogP contribution < -0.4 is 5.32 Å². The van der Waals surface area contributed by atoms with E-state index in [0.29, 0.717) is 5.92 Å². The molecule has 19 heavy (non-hydrogen) atoms. The van der Waals surface area contributed by atoms with Gasteiger partial charge in [-0.25, -0.2) is 0 Å². The fourth-order valence-electron chi connectivity index (χ4n) is 1.58. The summed E-state index contributed by atoms with van der Waals surface area (Å²) in [6, 6.07) is 8.13. The van der Waals surface area contributed by atoms with Crippen LogP contribution in [0.15, 0.2) is 30.3 Å². The lowest BCUT2D eigenvalue weighted by Crippen LogP contribution is -2.45. The molecule has 1 aromatic carbocycles. The number of aliphatic hydroxyl groups is 1. The number of amides is 1. The van der Waals surface area contributed by atoms with E-state index < -0.39 is 5.54 Å². The van der Waals surface area contributed by atoms with Crippen molar-refractivity contribution in [2.75, 3.05) is 6.61 Å². The van der Waals surface area contributed by atoms with E-state index >= 15 is 0 Å². The Morgan fingerprint density at radius 3 is 2.37 bits per heavy atom. The van der Waals surface area contributed by atoms with E-state index in [-0.39, 0.29) is 12.5 Å². The van der Waals surface area contributed by atoms with Crippen molar-refractivity contribution in [1.82, 2.24) is 5.32 Å². The normalized spacial score (nSPS) is 12.1. The smallest absolute Gasteiger partial charge is 0.244 e. The summed E-state index contributed by atoms with van der Waals surface area (Å²) >= 11 is 0. The van der Waals surface area contributed by atoms with Gasteiger partial charge in [0.2, 0.25) is 5.91 Å². The van der Waals surface area contributed by atoms with E-state index in [1.165, 1.54) is 11.6 Å². The van der Waals surface area contributed by atoms with E-state index in [2.05, 4.69) is 31.3 Å². The highest BCUT2D eigenvalue weighted by Crippen LogP contribution is 2.15. The fraction of sp³-hybridized carbons (Fsp3) is 0.438. The minimum Gasteiger partial charge on any atom is -0.394 e. The molecule has 0 atom stereocenters. The molecule has 0 aliphatic rings. The number of benzene rings is 1. The molecule has 0 unspecified atom stereocenters. The first-order valence-corrected chi connectivity index (χ1v) is 6.55. The van der Waals surface area contributed by atoms with Crippen molar-refractivity contribution in [3.63, 3.8) is 0 Å². The van der Waals surface area contributed by atoms with E-state index in [4.69, 9.17) is 5.11 Å². The Balaban J connectivity index is 2.64. The molecule has 0 bridgehead atoms. The molecule has 0 aliphatic heterocycles. The van der Waals surface area contributed by atoms with Crippen LogP contribution in [-0.4, -0.2) is 23.2 Å². The van der Waals surface area contributed by atoms with E-state index in [9.17, 15) is 4.79 Å². The number of carbonyl (C=O) groups is 1. The molecule has 0 aromatic heterocycles. The second-order valence-corrected chi connectivity index (χ2v) is 5.69. The van der Waals surface area contributed by atoms with Crippen LogP contribution >= 0.6 is 0 Å². The number of rotatable bonds is 5. The van der Waals surface area contributed by atoms with Crippen LogP contribution in [0.2, 0.25) is 0 Å². The summed E-state index contributed by atoms with van der Waals surface area (Å²) in [7, 11) is 0. The summed E-state index contributed by atoms with van der Waals surface area (Å²) in [6.07, 6.45) is 3.26. The van der Waals surface area contributed by atoms with Gasteiger partial charge in [0.25, 0.3) is 0 Å². The van der Waals surface area contributed by atoms with Gasteiger partial charge in [0.05, 0.1) is 12.1 Å². The first-order valence-electron chi connectivity index (χ1n) is 6.55. The third-order valence-electron chi connectivity index (χ3n) is 2.89. The molecule has 3 heteroatoms. The highest BCUT2D eigenvalue weighted by molar-refractivity contribution is 5.92. The number of hydrogen-bond donors (Lipinski definition) is 2. The molecule has 104 valence electrons. The second-order valence-electron chi connectivity index (χ2n) is 5.69. The van der Waals surface area contributed by atoms with E-state index in [0.717, 1.165) is 5.56 Å². The van der Waals surface area contributed by atoms with Gasteiger partial charge >= 0.3 is 0 Å². The predicted octanol–water partition coefficient (Wildman–Crippen LogP) is 2.71. The Labute approximate surface area is 115 Å². The van der Waals surface area contributed by atoms with Crippen molar-refractivity contribution < 1.29 is 9.90 Å². The Morgan fingerprint density at radius 1 is 1.32 bits per heavy atom. The average Bonchev–Trinajstić information content (AvgIpc) is 2.36. The third-order valence-corrected chi connectivity index (χ3v) is 2.89. The molecule has 1 rings (SSSR count). The zero-order chi connectivity index (χ0) is 14.5. The van der Waals surface area contributed by atoms with Crippen LogP contribution in [0.1, 0.15) is 44.7 Å². The molecule has 0 saturated heterocycles. The molecule has 0 aliphatic carbocycles. The van der Waals surface area contributed by atoms with Crippen molar-refractivity contribution in [2.24, 2.45) is 0 Å². The summed E-state index contributed by atoms with van der Waals surface area (Å²) in [5, 5.41) is 11.8. The molecule has 2 N–H and O–H groups in total. The lowest BCUT2D eigenvalue weighted by Gasteiger charge is -2.22. The quantitative estimate of drug-likeness (QED) is 0.801. The fourth-order valence-corrected chi connectivity index (χ4v) is 1.58. The number of carbonyl (C=O) groups excluding carboxylic acids is 1. The van der Waals surface area contributed by atoms with Crippen molar-refractivity contribution in [1.29, 1.82) is 0 Å². The summed E-state index contributed by atoms with van der Waals surface area (Å²) in [5.41, 5.74) is 1.67. The van der Waals surface area contributed by atoms with Gasteiger partial charge in [0.1, 0.15) is 0 Å². The van der Waals surface area contributed by atoms with Crippen molar-refractivity contribution >= 4 is 12.0 Å². The van der Waals surface area contributed by atoms with Crippen LogP contribution in [0.4, 0.5) is 0 Å². The van der Waals surface area contributed by atoms with Gasteiger partial charge in [-0.15, -0.1) is 0 Å². The molecule has 0 fully saturated rings. The monoisotopic (exact) mass is 261 g/mol. The lowest BCUT2D eigenvalue weighted by atomic mass is 10.0. The maximum absolute atomic E-state index is 11.7. The molecule has 3 nitrogen and oxygen atoms in total. The van der Waals surface area contributed by atoms with Gasteiger partial charge in [0, 0.05) is 6.08 Å². The molecule has 1 aromatic rings. The molecular formula is C16H23NO2. The molecule has 0 spiro atoms. The maximum Gasteiger partial charge on any atom is 0.244 e. The SMILES string of the molecule is CC(C)c1ccc(/C=C/C(=O)NC(C)(C)CO)cc1. The molecule has 0 heterocycles. The van der Waals surface area contributed by atoms with Gasteiger partial charge < -0.3 is 10.4 Å². The van der Waals surface area contributed by atoms with Crippen LogP contribution in [-0.2, 0) is 4.79 Å². The first kappa shape index (κ1) is 15.4. The zero-order valence-electron chi connectivity index (χ0n) is 12.1. The highest BCUT2D eigenvalue weighted by Gasteiger charge is 2.17. The zero-order valence-corrected chi connectivity index (χ0v) is 12.1. The van der Waals surface area contributed by atoms with E-state index in [1.807, 2.05) is 12.1 Å². The molecule has 0 radical (unpaired) electrons. The molecule has 1 amide bonds. The summed E-state index contributed by atoms with van der Waals surface area (Å²) < 4.78 is 0. The molecule has 0 saturated carbocycles.